The summed E-state index contributed by atoms with van der Waals surface area (Å²) in [6, 6.07) is 10.2. The molecule has 0 heterocycles. The third-order valence-corrected chi connectivity index (χ3v) is 6.93. The van der Waals surface area contributed by atoms with Gasteiger partial charge in [-0.25, -0.2) is 8.42 Å². The molecular formula is C26H34F3N3O4S. The summed E-state index contributed by atoms with van der Waals surface area (Å²) in [5, 5.41) is 2.82. The van der Waals surface area contributed by atoms with Crippen molar-refractivity contribution in [2.24, 2.45) is 0 Å². The molecule has 0 spiro atoms. The summed E-state index contributed by atoms with van der Waals surface area (Å²) in [5.74, 6) is -1.08. The van der Waals surface area contributed by atoms with Gasteiger partial charge in [-0.2, -0.15) is 13.2 Å². The third kappa shape index (κ3) is 8.77. The highest BCUT2D eigenvalue weighted by Gasteiger charge is 2.34. The highest BCUT2D eigenvalue weighted by Crippen LogP contribution is 2.32. The number of hydrogen-bond donors (Lipinski definition) is 1. The molecule has 2 aromatic rings. The fraction of sp³-hybridized carbons (Fsp3) is 0.462. The van der Waals surface area contributed by atoms with Crippen molar-refractivity contribution in [1.29, 1.82) is 0 Å². The number of aryl methyl sites for hydroxylation is 1. The van der Waals surface area contributed by atoms with E-state index in [0.29, 0.717) is 16.9 Å². The van der Waals surface area contributed by atoms with E-state index < -0.39 is 40.3 Å². The minimum absolute atomic E-state index is 0.0282. The molecule has 2 amide bonds. The standard InChI is InChI=1S/C26H34F3N3O4S/c1-5-7-14-30-25(34)23(6-2)31(17-20-11-8-10-19(3)15-20)24(33)18-32(37(4,35)36)22-13-9-12-21(16-22)26(27,28)29/h8-13,15-16,23H,5-7,14,17-18H2,1-4H3,(H,30,34). The van der Waals surface area contributed by atoms with Crippen molar-refractivity contribution in [3.63, 3.8) is 0 Å². The molecule has 7 nitrogen and oxygen atoms in total. The average Bonchev–Trinajstić information content (AvgIpc) is 2.81. The largest absolute Gasteiger partial charge is 0.416 e. The van der Waals surface area contributed by atoms with Crippen molar-refractivity contribution in [1.82, 2.24) is 10.2 Å². The lowest BCUT2D eigenvalue weighted by Gasteiger charge is -2.33. The third-order valence-electron chi connectivity index (χ3n) is 5.79. The SMILES string of the molecule is CCCCNC(=O)C(CC)N(Cc1cccc(C)c1)C(=O)CN(c1cccc(C(F)(F)F)c1)S(C)(=O)=O. The highest BCUT2D eigenvalue weighted by molar-refractivity contribution is 7.92. The normalized spacial score (nSPS) is 12.6. The Labute approximate surface area is 216 Å². The van der Waals surface area contributed by atoms with E-state index in [-0.39, 0.29) is 24.6 Å². The molecule has 0 aliphatic heterocycles. The zero-order valence-electron chi connectivity index (χ0n) is 21.5. The fourth-order valence-electron chi connectivity index (χ4n) is 3.88. The topological polar surface area (TPSA) is 86.8 Å². The second-order valence-electron chi connectivity index (χ2n) is 8.90. The van der Waals surface area contributed by atoms with Crippen molar-refractivity contribution in [3.05, 3.63) is 65.2 Å². The molecule has 2 rings (SSSR count). The van der Waals surface area contributed by atoms with E-state index in [1.165, 1.54) is 11.0 Å². The number of hydrogen-bond acceptors (Lipinski definition) is 4. The van der Waals surface area contributed by atoms with Gasteiger partial charge in [-0.05, 0) is 43.5 Å². The zero-order valence-corrected chi connectivity index (χ0v) is 22.3. The first-order valence-electron chi connectivity index (χ1n) is 12.1. The Hall–Kier alpha value is -3.08. The van der Waals surface area contributed by atoms with Gasteiger partial charge in [0.2, 0.25) is 21.8 Å². The first kappa shape index (κ1) is 30.1. The maximum absolute atomic E-state index is 13.6. The number of carbonyl (C=O) groups is 2. The molecule has 0 aliphatic carbocycles. The Morgan fingerprint density at radius 1 is 1.05 bits per heavy atom. The number of rotatable bonds is 12. The predicted octanol–water partition coefficient (Wildman–Crippen LogP) is 4.50. The molecule has 37 heavy (non-hydrogen) atoms. The first-order valence-corrected chi connectivity index (χ1v) is 13.9. The summed E-state index contributed by atoms with van der Waals surface area (Å²) < 4.78 is 65.6. The molecule has 1 atom stereocenters. The molecule has 1 unspecified atom stereocenters. The van der Waals surface area contributed by atoms with Crippen molar-refractivity contribution in [2.75, 3.05) is 23.7 Å². The maximum atomic E-state index is 13.6. The Bertz CT molecular complexity index is 1190. The number of alkyl halides is 3. The van der Waals surface area contributed by atoms with Crippen LogP contribution >= 0.6 is 0 Å². The van der Waals surface area contributed by atoms with Gasteiger partial charge < -0.3 is 10.2 Å². The summed E-state index contributed by atoms with van der Waals surface area (Å²) in [4.78, 5) is 27.9. The van der Waals surface area contributed by atoms with E-state index in [0.717, 1.165) is 42.4 Å². The van der Waals surface area contributed by atoms with Gasteiger partial charge in [0, 0.05) is 13.1 Å². The van der Waals surface area contributed by atoms with Crippen molar-refractivity contribution in [2.45, 2.75) is 58.8 Å². The van der Waals surface area contributed by atoms with Gasteiger partial charge in [0.15, 0.2) is 0 Å². The fourth-order valence-corrected chi connectivity index (χ4v) is 4.73. The van der Waals surface area contributed by atoms with E-state index in [4.69, 9.17) is 0 Å². The molecule has 0 fully saturated rings. The smallest absolute Gasteiger partial charge is 0.354 e. The van der Waals surface area contributed by atoms with Crippen LogP contribution in [0.3, 0.4) is 0 Å². The molecule has 2 aromatic carbocycles. The van der Waals surface area contributed by atoms with Crippen LogP contribution in [0.5, 0.6) is 0 Å². The van der Waals surface area contributed by atoms with Crippen molar-refractivity contribution >= 4 is 27.5 Å². The molecule has 204 valence electrons. The van der Waals surface area contributed by atoms with Crippen LogP contribution in [0.25, 0.3) is 0 Å². The number of benzene rings is 2. The molecular weight excluding hydrogens is 507 g/mol. The number of halogens is 3. The monoisotopic (exact) mass is 541 g/mol. The van der Waals surface area contributed by atoms with Gasteiger partial charge in [-0.1, -0.05) is 56.2 Å². The Balaban J connectivity index is 2.46. The molecule has 0 aliphatic rings. The van der Waals surface area contributed by atoms with Gasteiger partial charge in [-0.15, -0.1) is 0 Å². The van der Waals surface area contributed by atoms with E-state index in [1.807, 2.05) is 26.0 Å². The van der Waals surface area contributed by atoms with Gasteiger partial charge >= 0.3 is 6.18 Å². The van der Waals surface area contributed by atoms with Gasteiger partial charge in [0.1, 0.15) is 12.6 Å². The summed E-state index contributed by atoms with van der Waals surface area (Å²) >= 11 is 0. The lowest BCUT2D eigenvalue weighted by Crippen LogP contribution is -2.52. The highest BCUT2D eigenvalue weighted by atomic mass is 32.2. The Morgan fingerprint density at radius 2 is 1.73 bits per heavy atom. The maximum Gasteiger partial charge on any atom is 0.416 e. The summed E-state index contributed by atoms with van der Waals surface area (Å²) in [6.45, 7) is 5.29. The first-order chi connectivity index (χ1) is 17.3. The van der Waals surface area contributed by atoms with Crippen LogP contribution in [-0.2, 0) is 32.3 Å². The second kappa shape index (κ2) is 12.9. The molecule has 0 aromatic heterocycles. The molecule has 0 saturated heterocycles. The zero-order chi connectivity index (χ0) is 27.8. The average molecular weight is 542 g/mol. The Kier molecular flexibility index (Phi) is 10.5. The van der Waals surface area contributed by atoms with Crippen molar-refractivity contribution < 1.29 is 31.2 Å². The van der Waals surface area contributed by atoms with Crippen LogP contribution in [0, 0.1) is 6.92 Å². The summed E-state index contributed by atoms with van der Waals surface area (Å²) in [5.41, 5.74) is 0.344. The number of amides is 2. The minimum Gasteiger partial charge on any atom is -0.354 e. The number of carbonyl (C=O) groups excluding carboxylic acids is 2. The number of sulfonamides is 1. The molecule has 0 saturated carbocycles. The van der Waals surface area contributed by atoms with Crippen LogP contribution in [0.4, 0.5) is 18.9 Å². The van der Waals surface area contributed by atoms with Crippen LogP contribution in [0.2, 0.25) is 0 Å². The van der Waals surface area contributed by atoms with Crippen molar-refractivity contribution in [3.8, 4) is 0 Å². The number of nitrogens with zero attached hydrogens (tertiary/aromatic N) is 2. The molecule has 0 bridgehead atoms. The van der Waals surface area contributed by atoms with Crippen LogP contribution in [0.15, 0.2) is 48.5 Å². The predicted molar refractivity (Wildman–Crippen MR) is 137 cm³/mol. The van der Waals surface area contributed by atoms with Crippen LogP contribution in [0.1, 0.15) is 49.8 Å². The lowest BCUT2D eigenvalue weighted by atomic mass is 10.1. The van der Waals surface area contributed by atoms with E-state index in [1.54, 1.807) is 19.1 Å². The lowest BCUT2D eigenvalue weighted by molar-refractivity contribution is -0.140. The van der Waals surface area contributed by atoms with E-state index >= 15 is 0 Å². The minimum atomic E-state index is -4.69. The Morgan fingerprint density at radius 3 is 2.30 bits per heavy atom. The van der Waals surface area contributed by atoms with E-state index in [2.05, 4.69) is 5.32 Å². The second-order valence-corrected chi connectivity index (χ2v) is 10.8. The summed E-state index contributed by atoms with van der Waals surface area (Å²) in [6.07, 6.45) is -1.99. The van der Waals surface area contributed by atoms with E-state index in [9.17, 15) is 31.2 Å². The van der Waals surface area contributed by atoms with Gasteiger partial charge in [-0.3, -0.25) is 13.9 Å². The van der Waals surface area contributed by atoms with Crippen LogP contribution < -0.4 is 9.62 Å². The molecule has 11 heteroatoms. The quantitative estimate of drug-likeness (QED) is 0.401. The number of anilines is 1. The van der Waals surface area contributed by atoms with Gasteiger partial charge in [0.05, 0.1) is 17.5 Å². The number of unbranched alkanes of at least 4 members (excludes halogenated alkanes) is 1. The molecule has 1 N–H and O–H groups in total. The van der Waals surface area contributed by atoms with Crippen LogP contribution in [-0.4, -0.2) is 50.5 Å². The molecule has 0 radical (unpaired) electrons. The summed E-state index contributed by atoms with van der Waals surface area (Å²) in [7, 11) is -4.14. The van der Waals surface area contributed by atoms with Gasteiger partial charge in [0.25, 0.3) is 0 Å². The number of nitrogens with one attached hydrogen (secondary N) is 1.